The number of amides is 1. The van der Waals surface area contributed by atoms with Crippen molar-refractivity contribution in [1.82, 2.24) is 19.8 Å². The van der Waals surface area contributed by atoms with Crippen LogP contribution in [0, 0.1) is 0 Å². The fourth-order valence-corrected chi connectivity index (χ4v) is 3.14. The minimum atomic E-state index is -0.246. The summed E-state index contributed by atoms with van der Waals surface area (Å²) in [5.74, 6) is 1.82. The molecule has 2 aromatic heterocycles. The molecule has 0 aliphatic heterocycles. The number of aromatic nitrogens is 4. The molecule has 1 fully saturated rings. The molecule has 0 radical (unpaired) electrons. The lowest BCUT2D eigenvalue weighted by atomic mass is 10.3. The van der Waals surface area contributed by atoms with E-state index in [2.05, 4.69) is 20.6 Å². The van der Waals surface area contributed by atoms with E-state index in [0.29, 0.717) is 21.6 Å². The third-order valence-corrected chi connectivity index (χ3v) is 4.53. The van der Waals surface area contributed by atoms with Crippen molar-refractivity contribution < 1.29 is 9.53 Å². The summed E-state index contributed by atoms with van der Waals surface area (Å²) in [6, 6.07) is 7.29. The average Bonchev–Trinajstić information content (AvgIpc) is 3.16. The highest BCUT2D eigenvalue weighted by Gasteiger charge is 2.30. The lowest BCUT2D eigenvalue weighted by molar-refractivity contribution is 0.102. The molecule has 4 rings (SSSR count). The first-order valence-electron chi connectivity index (χ1n) is 7.90. The van der Waals surface area contributed by atoms with Crippen molar-refractivity contribution in [3.63, 3.8) is 0 Å². The van der Waals surface area contributed by atoms with Gasteiger partial charge in [-0.1, -0.05) is 11.3 Å². The van der Waals surface area contributed by atoms with Crippen molar-refractivity contribution in [3.8, 4) is 5.75 Å². The number of anilines is 1. The summed E-state index contributed by atoms with van der Waals surface area (Å²) in [4.78, 5) is 13.0. The predicted octanol–water partition coefficient (Wildman–Crippen LogP) is 3.10. The standard InChI is InChI=1S/C16H17N5O2S/c1-9(2)23-12-7-5-11(6-8-12)17-14(22)15-20-21-13(10-3-4-10)18-19-16(21)24-15/h5-10H,3-4H2,1-2H3,(H,17,22). The van der Waals surface area contributed by atoms with Gasteiger partial charge < -0.3 is 10.1 Å². The van der Waals surface area contributed by atoms with Crippen LogP contribution in [-0.4, -0.2) is 31.8 Å². The van der Waals surface area contributed by atoms with E-state index < -0.39 is 0 Å². The molecule has 124 valence electrons. The summed E-state index contributed by atoms with van der Waals surface area (Å²) in [5, 5.41) is 15.8. The zero-order chi connectivity index (χ0) is 16.7. The largest absolute Gasteiger partial charge is 0.491 e. The summed E-state index contributed by atoms with van der Waals surface area (Å²) in [6.45, 7) is 3.94. The number of carbonyl (C=O) groups excluding carboxylic acids is 1. The first-order valence-corrected chi connectivity index (χ1v) is 8.72. The van der Waals surface area contributed by atoms with Crippen LogP contribution in [0.5, 0.6) is 5.75 Å². The van der Waals surface area contributed by atoms with Crippen molar-refractivity contribution in [2.45, 2.75) is 38.7 Å². The van der Waals surface area contributed by atoms with Gasteiger partial charge >= 0.3 is 0 Å². The van der Waals surface area contributed by atoms with E-state index in [-0.39, 0.29) is 12.0 Å². The number of benzene rings is 1. The smallest absolute Gasteiger partial charge is 0.286 e. The molecule has 0 atom stereocenters. The normalized spacial score (nSPS) is 14.3. The average molecular weight is 343 g/mol. The molecule has 24 heavy (non-hydrogen) atoms. The first-order chi connectivity index (χ1) is 11.6. The van der Waals surface area contributed by atoms with Crippen molar-refractivity contribution in [2.75, 3.05) is 5.32 Å². The summed E-state index contributed by atoms with van der Waals surface area (Å²) >= 11 is 1.24. The lowest BCUT2D eigenvalue weighted by Crippen LogP contribution is -2.12. The Morgan fingerprint density at radius 2 is 2.04 bits per heavy atom. The van der Waals surface area contributed by atoms with E-state index in [1.54, 1.807) is 4.52 Å². The molecule has 0 spiro atoms. The Labute approximate surface area is 142 Å². The molecular formula is C16H17N5O2S. The van der Waals surface area contributed by atoms with Crippen LogP contribution in [0.2, 0.25) is 0 Å². The zero-order valence-electron chi connectivity index (χ0n) is 13.4. The molecule has 1 aliphatic rings. The Morgan fingerprint density at radius 1 is 1.29 bits per heavy atom. The highest BCUT2D eigenvalue weighted by Crippen LogP contribution is 2.39. The van der Waals surface area contributed by atoms with E-state index in [9.17, 15) is 4.79 Å². The fraction of sp³-hybridized carbons (Fsp3) is 0.375. The van der Waals surface area contributed by atoms with Crippen LogP contribution in [0.1, 0.15) is 48.2 Å². The molecule has 1 N–H and O–H groups in total. The Morgan fingerprint density at radius 3 is 2.71 bits per heavy atom. The number of ether oxygens (including phenoxy) is 1. The highest BCUT2D eigenvalue weighted by atomic mass is 32.1. The predicted molar refractivity (Wildman–Crippen MR) is 90.8 cm³/mol. The molecule has 7 nitrogen and oxygen atoms in total. The van der Waals surface area contributed by atoms with Crippen LogP contribution in [0.4, 0.5) is 5.69 Å². The van der Waals surface area contributed by atoms with Crippen LogP contribution >= 0.6 is 11.3 Å². The van der Waals surface area contributed by atoms with E-state index in [4.69, 9.17) is 4.74 Å². The van der Waals surface area contributed by atoms with E-state index in [1.807, 2.05) is 38.1 Å². The van der Waals surface area contributed by atoms with Crippen LogP contribution < -0.4 is 10.1 Å². The molecule has 0 saturated heterocycles. The van der Waals surface area contributed by atoms with Gasteiger partial charge in [0, 0.05) is 11.6 Å². The summed E-state index contributed by atoms with van der Waals surface area (Å²) < 4.78 is 7.28. The maximum absolute atomic E-state index is 12.4. The van der Waals surface area contributed by atoms with E-state index >= 15 is 0 Å². The van der Waals surface area contributed by atoms with Gasteiger partial charge in [0.15, 0.2) is 5.82 Å². The van der Waals surface area contributed by atoms with Crippen molar-refractivity contribution in [1.29, 1.82) is 0 Å². The van der Waals surface area contributed by atoms with Gasteiger partial charge in [-0.05, 0) is 51.0 Å². The molecule has 1 saturated carbocycles. The molecule has 1 amide bonds. The number of nitrogens with zero attached hydrogens (tertiary/aromatic N) is 4. The van der Waals surface area contributed by atoms with Gasteiger partial charge in [-0.3, -0.25) is 4.79 Å². The van der Waals surface area contributed by atoms with Crippen molar-refractivity contribution >= 4 is 27.9 Å². The summed E-state index contributed by atoms with van der Waals surface area (Å²) in [5.41, 5.74) is 0.699. The second kappa shape index (κ2) is 5.86. The summed E-state index contributed by atoms with van der Waals surface area (Å²) in [6.07, 6.45) is 2.35. The van der Waals surface area contributed by atoms with Crippen molar-refractivity contribution in [2.24, 2.45) is 0 Å². The number of hydrogen-bond donors (Lipinski definition) is 1. The van der Waals surface area contributed by atoms with E-state index in [0.717, 1.165) is 24.4 Å². The molecule has 0 bridgehead atoms. The van der Waals surface area contributed by atoms with Gasteiger partial charge in [0.2, 0.25) is 9.97 Å². The molecule has 0 unspecified atom stereocenters. The molecule has 1 aliphatic carbocycles. The van der Waals surface area contributed by atoms with Gasteiger partial charge in [0.1, 0.15) is 5.75 Å². The quantitative estimate of drug-likeness (QED) is 0.770. The minimum absolute atomic E-state index is 0.117. The molecule has 8 heteroatoms. The van der Waals surface area contributed by atoms with Gasteiger partial charge in [0.05, 0.1) is 6.10 Å². The third-order valence-electron chi connectivity index (χ3n) is 3.64. The second-order valence-electron chi connectivity index (χ2n) is 6.08. The molecular weight excluding hydrogens is 326 g/mol. The number of rotatable bonds is 5. The van der Waals surface area contributed by atoms with Gasteiger partial charge in [-0.25, -0.2) is 0 Å². The van der Waals surface area contributed by atoms with Crippen molar-refractivity contribution in [3.05, 3.63) is 35.1 Å². The third kappa shape index (κ3) is 2.96. The molecule has 3 aromatic rings. The highest BCUT2D eigenvalue weighted by molar-refractivity contribution is 7.18. The first kappa shape index (κ1) is 15.1. The van der Waals surface area contributed by atoms with E-state index in [1.165, 1.54) is 11.3 Å². The number of hydrogen-bond acceptors (Lipinski definition) is 6. The Kier molecular flexibility index (Phi) is 3.68. The Bertz CT molecular complexity index is 880. The molecule has 2 heterocycles. The van der Waals surface area contributed by atoms with Gasteiger partial charge in [-0.15, -0.1) is 15.3 Å². The fourth-order valence-electron chi connectivity index (χ4n) is 2.39. The van der Waals surface area contributed by atoms with Gasteiger partial charge in [-0.2, -0.15) is 4.52 Å². The summed E-state index contributed by atoms with van der Waals surface area (Å²) in [7, 11) is 0. The van der Waals surface area contributed by atoms with Crippen LogP contribution in [0.15, 0.2) is 24.3 Å². The van der Waals surface area contributed by atoms with Crippen LogP contribution in [0.3, 0.4) is 0 Å². The maximum Gasteiger partial charge on any atom is 0.286 e. The Hall–Kier alpha value is -2.48. The monoisotopic (exact) mass is 343 g/mol. The number of fused-ring (bicyclic) bond motifs is 1. The number of nitrogens with one attached hydrogen (secondary N) is 1. The minimum Gasteiger partial charge on any atom is -0.491 e. The van der Waals surface area contributed by atoms with Crippen LogP contribution in [0.25, 0.3) is 4.96 Å². The lowest BCUT2D eigenvalue weighted by Gasteiger charge is -2.10. The maximum atomic E-state index is 12.4. The SMILES string of the molecule is CC(C)Oc1ccc(NC(=O)c2nn3c(C4CC4)nnc3s2)cc1. The topological polar surface area (TPSA) is 81.4 Å². The Balaban J connectivity index is 1.49. The molecule has 1 aromatic carbocycles. The van der Waals surface area contributed by atoms with Gasteiger partial charge in [0.25, 0.3) is 5.91 Å². The second-order valence-corrected chi connectivity index (χ2v) is 7.04. The number of carbonyl (C=O) groups is 1. The zero-order valence-corrected chi connectivity index (χ0v) is 14.2. The van der Waals surface area contributed by atoms with Crippen LogP contribution in [-0.2, 0) is 0 Å².